The maximum Gasteiger partial charge on any atom is 0.253 e. The molecule has 106 valence electrons. The highest BCUT2D eigenvalue weighted by atomic mass is 28.3. The van der Waals surface area contributed by atoms with Gasteiger partial charge in [-0.2, -0.15) is 0 Å². The molecule has 1 atom stereocenters. The number of hydrogen-bond donors (Lipinski definition) is 0. The summed E-state index contributed by atoms with van der Waals surface area (Å²) in [6.07, 6.45) is 1.77. The Morgan fingerprint density at radius 2 is 2.15 bits per heavy atom. The molecule has 0 bridgehead atoms. The van der Waals surface area contributed by atoms with Crippen LogP contribution in [-0.2, 0) is 9.53 Å². The number of anilines is 1. The molecule has 1 aromatic heterocycles. The van der Waals surface area contributed by atoms with Crippen molar-refractivity contribution in [2.45, 2.75) is 32.7 Å². The lowest BCUT2D eigenvalue weighted by atomic mass is 10.2. The van der Waals surface area contributed by atoms with Crippen LogP contribution in [0.15, 0.2) is 18.3 Å². The van der Waals surface area contributed by atoms with Crippen molar-refractivity contribution in [3.05, 3.63) is 24.0 Å². The average Bonchev–Trinajstić information content (AvgIpc) is 2.39. The maximum atomic E-state index is 11.8. The molecule has 1 aliphatic rings. The lowest BCUT2D eigenvalue weighted by Crippen LogP contribution is -2.45. The van der Waals surface area contributed by atoms with E-state index in [1.165, 1.54) is 0 Å². The van der Waals surface area contributed by atoms with Gasteiger partial charge < -0.3 is 9.64 Å². The molecule has 1 amide bonds. The minimum atomic E-state index is -1.39. The molecule has 4 nitrogen and oxygen atoms in total. The van der Waals surface area contributed by atoms with Crippen LogP contribution >= 0.6 is 0 Å². The van der Waals surface area contributed by atoms with E-state index < -0.39 is 8.07 Å². The second-order valence-electron chi connectivity index (χ2n) is 6.03. The van der Waals surface area contributed by atoms with Gasteiger partial charge in [0.1, 0.15) is 20.4 Å². The first-order valence-electron chi connectivity index (χ1n) is 6.76. The minimum absolute atomic E-state index is 0.0224. The molecule has 1 saturated heterocycles. The van der Waals surface area contributed by atoms with E-state index in [0.717, 1.165) is 11.4 Å². The van der Waals surface area contributed by atoms with Crippen LogP contribution in [0.4, 0.5) is 5.69 Å². The van der Waals surface area contributed by atoms with Gasteiger partial charge in [-0.05, 0) is 19.1 Å². The highest BCUT2D eigenvalue weighted by molar-refractivity contribution is 6.83. The Kier molecular flexibility index (Phi) is 4.26. The molecule has 1 aliphatic heterocycles. The SMILES string of the molecule is CC1CN(c2ccc(C#C[Si](C)(C)C)nc2)C(=O)CO1. The van der Waals surface area contributed by atoms with Crippen molar-refractivity contribution >= 4 is 19.7 Å². The Hall–Kier alpha value is -1.64. The van der Waals surface area contributed by atoms with Gasteiger partial charge in [0.15, 0.2) is 0 Å². The first-order valence-corrected chi connectivity index (χ1v) is 10.3. The van der Waals surface area contributed by atoms with E-state index in [-0.39, 0.29) is 18.6 Å². The summed E-state index contributed by atoms with van der Waals surface area (Å²) in [6, 6.07) is 3.77. The van der Waals surface area contributed by atoms with Crippen LogP contribution in [0, 0.1) is 11.5 Å². The number of morpholine rings is 1. The topological polar surface area (TPSA) is 42.4 Å². The quantitative estimate of drug-likeness (QED) is 0.587. The van der Waals surface area contributed by atoms with Gasteiger partial charge >= 0.3 is 0 Å². The number of hydrogen-bond acceptors (Lipinski definition) is 3. The van der Waals surface area contributed by atoms with Crippen molar-refractivity contribution in [2.24, 2.45) is 0 Å². The Bertz CT molecular complexity index is 552. The average molecular weight is 288 g/mol. The summed E-state index contributed by atoms with van der Waals surface area (Å²) in [4.78, 5) is 17.9. The van der Waals surface area contributed by atoms with Crippen molar-refractivity contribution in [2.75, 3.05) is 18.1 Å². The van der Waals surface area contributed by atoms with Crippen molar-refractivity contribution < 1.29 is 9.53 Å². The Morgan fingerprint density at radius 1 is 1.40 bits per heavy atom. The van der Waals surface area contributed by atoms with Crippen molar-refractivity contribution in [1.29, 1.82) is 0 Å². The van der Waals surface area contributed by atoms with Gasteiger partial charge in [-0.1, -0.05) is 25.6 Å². The number of rotatable bonds is 1. The Balaban J connectivity index is 2.15. The molecule has 2 rings (SSSR count). The van der Waals surface area contributed by atoms with E-state index >= 15 is 0 Å². The lowest BCUT2D eigenvalue weighted by molar-refractivity contribution is -0.128. The molecule has 0 aliphatic carbocycles. The molecule has 0 aromatic carbocycles. The van der Waals surface area contributed by atoms with Gasteiger partial charge in [-0.3, -0.25) is 4.79 Å². The molecule has 20 heavy (non-hydrogen) atoms. The number of carbonyl (C=O) groups excluding carboxylic acids is 1. The zero-order valence-corrected chi connectivity index (χ0v) is 13.4. The zero-order valence-electron chi connectivity index (χ0n) is 12.4. The number of aromatic nitrogens is 1. The number of nitrogens with zero attached hydrogens (tertiary/aromatic N) is 2. The summed E-state index contributed by atoms with van der Waals surface area (Å²) in [6.45, 7) is 9.26. The van der Waals surface area contributed by atoms with Crippen LogP contribution in [-0.4, -0.2) is 38.2 Å². The van der Waals surface area contributed by atoms with Crippen LogP contribution in [0.25, 0.3) is 0 Å². The molecular weight excluding hydrogens is 268 g/mol. The first-order chi connectivity index (χ1) is 9.35. The summed E-state index contributed by atoms with van der Waals surface area (Å²) < 4.78 is 5.31. The summed E-state index contributed by atoms with van der Waals surface area (Å²) >= 11 is 0. The maximum absolute atomic E-state index is 11.8. The molecule has 1 aromatic rings. The smallest absolute Gasteiger partial charge is 0.253 e. The normalized spacial score (nSPS) is 19.5. The molecular formula is C15H20N2O2Si. The van der Waals surface area contributed by atoms with Gasteiger partial charge in [0.05, 0.1) is 24.5 Å². The summed E-state index contributed by atoms with van der Waals surface area (Å²) in [5.74, 6) is 3.08. The van der Waals surface area contributed by atoms with Crippen molar-refractivity contribution in [3.63, 3.8) is 0 Å². The third-order valence-electron chi connectivity index (χ3n) is 2.86. The fourth-order valence-electron chi connectivity index (χ4n) is 1.82. The number of amides is 1. The molecule has 0 saturated carbocycles. The van der Waals surface area contributed by atoms with Crippen molar-refractivity contribution in [1.82, 2.24) is 4.98 Å². The zero-order chi connectivity index (χ0) is 14.8. The van der Waals surface area contributed by atoms with E-state index in [4.69, 9.17) is 4.74 Å². The highest BCUT2D eigenvalue weighted by Crippen LogP contribution is 2.17. The van der Waals surface area contributed by atoms with Crippen LogP contribution in [0.5, 0.6) is 0 Å². The first kappa shape index (κ1) is 14.8. The predicted molar refractivity (Wildman–Crippen MR) is 82.2 cm³/mol. The van der Waals surface area contributed by atoms with Crippen LogP contribution < -0.4 is 4.90 Å². The molecule has 1 fully saturated rings. The van der Waals surface area contributed by atoms with Gasteiger partial charge in [0.2, 0.25) is 0 Å². The monoisotopic (exact) mass is 288 g/mol. The third kappa shape index (κ3) is 3.92. The second kappa shape index (κ2) is 5.78. The van der Waals surface area contributed by atoms with Gasteiger partial charge in [-0.15, -0.1) is 5.54 Å². The van der Waals surface area contributed by atoms with E-state index in [2.05, 4.69) is 36.1 Å². The largest absolute Gasteiger partial charge is 0.367 e. The van der Waals surface area contributed by atoms with Crippen molar-refractivity contribution in [3.8, 4) is 11.5 Å². The highest BCUT2D eigenvalue weighted by Gasteiger charge is 2.24. The number of pyridine rings is 1. The second-order valence-corrected chi connectivity index (χ2v) is 10.8. The lowest BCUT2D eigenvalue weighted by Gasteiger charge is -2.30. The van der Waals surface area contributed by atoms with Gasteiger partial charge in [-0.25, -0.2) is 4.98 Å². The fourth-order valence-corrected chi connectivity index (χ4v) is 2.33. The standard InChI is InChI=1S/C15H20N2O2Si/c1-12-10-17(15(18)11-19-12)14-6-5-13(16-9-14)7-8-20(2,3)4/h5-6,9,12H,10-11H2,1-4H3. The summed E-state index contributed by atoms with van der Waals surface area (Å²) in [5, 5.41) is 0. The Morgan fingerprint density at radius 3 is 2.75 bits per heavy atom. The summed E-state index contributed by atoms with van der Waals surface area (Å²) in [7, 11) is -1.39. The predicted octanol–water partition coefficient (Wildman–Crippen LogP) is 2.06. The molecule has 0 radical (unpaired) electrons. The Labute approximate surface area is 121 Å². The fraction of sp³-hybridized carbons (Fsp3) is 0.467. The molecule has 0 spiro atoms. The van der Waals surface area contributed by atoms with Crippen LogP contribution in [0.1, 0.15) is 12.6 Å². The molecule has 1 unspecified atom stereocenters. The van der Waals surface area contributed by atoms with Gasteiger partial charge in [0, 0.05) is 0 Å². The van der Waals surface area contributed by atoms with Crippen LogP contribution in [0.2, 0.25) is 19.6 Å². The van der Waals surface area contributed by atoms with E-state index in [1.54, 1.807) is 11.1 Å². The number of ether oxygens (including phenoxy) is 1. The number of carbonyl (C=O) groups is 1. The molecule has 5 heteroatoms. The van der Waals surface area contributed by atoms with E-state index in [9.17, 15) is 4.79 Å². The molecule has 2 heterocycles. The molecule has 0 N–H and O–H groups in total. The van der Waals surface area contributed by atoms with Gasteiger partial charge in [0.25, 0.3) is 5.91 Å². The van der Waals surface area contributed by atoms with Crippen LogP contribution in [0.3, 0.4) is 0 Å². The third-order valence-corrected chi connectivity index (χ3v) is 3.73. The van der Waals surface area contributed by atoms with E-state index in [1.807, 2.05) is 19.1 Å². The summed E-state index contributed by atoms with van der Waals surface area (Å²) in [5.41, 5.74) is 4.84. The van der Waals surface area contributed by atoms with E-state index in [0.29, 0.717) is 6.54 Å². The minimum Gasteiger partial charge on any atom is -0.367 e.